The molecule has 98 valence electrons. The minimum absolute atomic E-state index is 0.396. The highest BCUT2D eigenvalue weighted by Crippen LogP contribution is 2.16. The van der Waals surface area contributed by atoms with Crippen LogP contribution in [0.25, 0.3) is 0 Å². The summed E-state index contributed by atoms with van der Waals surface area (Å²) in [7, 11) is -1.19. The molecular formula is C11H16N4OS2. The number of nitrogens with zero attached hydrogens (tertiary/aromatic N) is 3. The van der Waals surface area contributed by atoms with Crippen molar-refractivity contribution in [3.8, 4) is 0 Å². The van der Waals surface area contributed by atoms with Crippen molar-refractivity contribution in [2.24, 2.45) is 5.92 Å². The highest BCUT2D eigenvalue weighted by Gasteiger charge is 2.11. The Morgan fingerprint density at radius 1 is 1.50 bits per heavy atom. The Kier molecular flexibility index (Phi) is 4.60. The fraction of sp³-hybridized carbons (Fsp3) is 0.545. The van der Waals surface area contributed by atoms with Gasteiger partial charge in [0.2, 0.25) is 5.16 Å². The van der Waals surface area contributed by atoms with Crippen LogP contribution in [0.5, 0.6) is 0 Å². The van der Waals surface area contributed by atoms with E-state index in [1.54, 1.807) is 11.3 Å². The normalized spacial score (nSPS) is 13.1. The zero-order valence-electron chi connectivity index (χ0n) is 10.4. The lowest BCUT2D eigenvalue weighted by atomic mass is 10.1. The predicted molar refractivity (Wildman–Crippen MR) is 71.8 cm³/mol. The Bertz CT molecular complexity index is 507. The second-order valence-corrected chi connectivity index (χ2v) is 6.75. The summed E-state index contributed by atoms with van der Waals surface area (Å²) in [5.74, 6) is 1.08. The van der Waals surface area contributed by atoms with Gasteiger partial charge in [-0.25, -0.2) is 9.97 Å². The zero-order chi connectivity index (χ0) is 13.0. The molecule has 0 radical (unpaired) electrons. The van der Waals surface area contributed by atoms with E-state index in [1.807, 2.05) is 5.38 Å². The zero-order valence-corrected chi connectivity index (χ0v) is 12.1. The van der Waals surface area contributed by atoms with Crippen molar-refractivity contribution in [3.63, 3.8) is 0 Å². The Balaban J connectivity index is 1.92. The molecule has 0 aliphatic heterocycles. The summed E-state index contributed by atoms with van der Waals surface area (Å²) in [6, 6.07) is 0. The van der Waals surface area contributed by atoms with Gasteiger partial charge in [-0.1, -0.05) is 13.8 Å². The summed E-state index contributed by atoms with van der Waals surface area (Å²) in [4.78, 5) is 8.38. The molecule has 1 atom stereocenters. The first kappa shape index (κ1) is 13.4. The molecule has 0 bridgehead atoms. The van der Waals surface area contributed by atoms with Crippen LogP contribution in [-0.4, -0.2) is 24.4 Å². The van der Waals surface area contributed by atoms with Gasteiger partial charge in [0.25, 0.3) is 0 Å². The van der Waals surface area contributed by atoms with E-state index in [1.165, 1.54) is 6.33 Å². The Morgan fingerprint density at radius 2 is 2.33 bits per heavy atom. The van der Waals surface area contributed by atoms with Crippen molar-refractivity contribution < 1.29 is 4.21 Å². The fourth-order valence-electron chi connectivity index (χ4n) is 1.45. The summed E-state index contributed by atoms with van der Waals surface area (Å²) in [6.07, 6.45) is 3.50. The second-order valence-electron chi connectivity index (χ2n) is 4.45. The average Bonchev–Trinajstić information content (AvgIpc) is 2.97. The van der Waals surface area contributed by atoms with Crippen molar-refractivity contribution in [1.82, 2.24) is 20.2 Å². The van der Waals surface area contributed by atoms with E-state index in [0.29, 0.717) is 16.8 Å². The van der Waals surface area contributed by atoms with Gasteiger partial charge in [0.15, 0.2) is 0 Å². The molecule has 1 unspecified atom stereocenters. The van der Waals surface area contributed by atoms with Gasteiger partial charge < -0.3 is 0 Å². The summed E-state index contributed by atoms with van der Waals surface area (Å²) < 4.78 is 11.9. The Hall–Kier alpha value is -1.08. The number of nitrogens with one attached hydrogen (secondary N) is 1. The van der Waals surface area contributed by atoms with Crippen LogP contribution >= 0.6 is 11.3 Å². The van der Waals surface area contributed by atoms with E-state index < -0.39 is 10.8 Å². The first-order valence-corrected chi connectivity index (χ1v) is 8.02. The first-order chi connectivity index (χ1) is 8.65. The van der Waals surface area contributed by atoms with Crippen molar-refractivity contribution in [2.75, 3.05) is 0 Å². The monoisotopic (exact) mass is 284 g/mol. The third-order valence-electron chi connectivity index (χ3n) is 2.42. The van der Waals surface area contributed by atoms with Gasteiger partial charge in [0, 0.05) is 5.38 Å². The standard InChI is InChI=1S/C11H16N4OS2/c1-8(2)3-4-10-14-9(5-17-10)6-18(16)11-12-7-13-15-11/h5,7-8H,3-4,6H2,1-2H3,(H,12,13,15). The minimum atomic E-state index is -1.19. The number of hydrogen-bond donors (Lipinski definition) is 1. The average molecular weight is 284 g/mol. The van der Waals surface area contributed by atoms with Crippen LogP contribution in [0, 0.1) is 5.92 Å². The summed E-state index contributed by atoms with van der Waals surface area (Å²) in [6.45, 7) is 4.40. The lowest BCUT2D eigenvalue weighted by Crippen LogP contribution is -1.99. The van der Waals surface area contributed by atoms with Crippen LogP contribution in [0.2, 0.25) is 0 Å². The van der Waals surface area contributed by atoms with Gasteiger partial charge in [-0.15, -0.1) is 11.3 Å². The molecule has 18 heavy (non-hydrogen) atoms. The molecule has 2 aromatic heterocycles. The van der Waals surface area contributed by atoms with Crippen LogP contribution in [0.3, 0.4) is 0 Å². The number of thiazole rings is 1. The molecule has 0 saturated carbocycles. The SMILES string of the molecule is CC(C)CCc1nc(CS(=O)c2ncn[nH]2)cs1. The molecular weight excluding hydrogens is 268 g/mol. The number of aromatic nitrogens is 4. The molecule has 0 amide bonds. The molecule has 0 aromatic carbocycles. The lowest BCUT2D eigenvalue weighted by molar-refractivity contribution is 0.585. The number of aromatic amines is 1. The molecule has 2 heterocycles. The maximum atomic E-state index is 11.9. The molecule has 0 fully saturated rings. The molecule has 0 saturated heterocycles. The maximum absolute atomic E-state index is 11.9. The van der Waals surface area contributed by atoms with E-state index in [9.17, 15) is 4.21 Å². The molecule has 5 nitrogen and oxygen atoms in total. The third-order valence-corrected chi connectivity index (χ3v) is 4.57. The van der Waals surface area contributed by atoms with Gasteiger partial charge >= 0.3 is 0 Å². The quantitative estimate of drug-likeness (QED) is 0.882. The summed E-state index contributed by atoms with van der Waals surface area (Å²) in [5, 5.41) is 9.81. The smallest absolute Gasteiger partial charge is 0.214 e. The highest BCUT2D eigenvalue weighted by atomic mass is 32.2. The van der Waals surface area contributed by atoms with Crippen molar-refractivity contribution >= 4 is 22.1 Å². The number of H-pyrrole nitrogens is 1. The van der Waals surface area contributed by atoms with Crippen molar-refractivity contribution in [2.45, 2.75) is 37.6 Å². The van der Waals surface area contributed by atoms with E-state index in [2.05, 4.69) is 34.0 Å². The number of rotatable bonds is 6. The number of hydrogen-bond acceptors (Lipinski definition) is 5. The van der Waals surface area contributed by atoms with Gasteiger partial charge in [0.1, 0.15) is 6.33 Å². The second kappa shape index (κ2) is 6.19. The largest absolute Gasteiger partial charge is 0.252 e. The highest BCUT2D eigenvalue weighted by molar-refractivity contribution is 7.84. The van der Waals surface area contributed by atoms with Crippen LogP contribution in [0.1, 0.15) is 31.0 Å². The molecule has 0 aliphatic rings. The van der Waals surface area contributed by atoms with Crippen molar-refractivity contribution in [1.29, 1.82) is 0 Å². The molecule has 2 aromatic rings. The van der Waals surface area contributed by atoms with Crippen LogP contribution in [0.4, 0.5) is 0 Å². The summed E-state index contributed by atoms with van der Waals surface area (Å²) in [5.41, 5.74) is 0.869. The van der Waals surface area contributed by atoms with Crippen LogP contribution < -0.4 is 0 Å². The van der Waals surface area contributed by atoms with Gasteiger partial charge in [0.05, 0.1) is 27.3 Å². The predicted octanol–water partition coefficient (Wildman–Crippen LogP) is 2.16. The van der Waals surface area contributed by atoms with Crippen molar-refractivity contribution in [3.05, 3.63) is 22.4 Å². The molecule has 7 heteroatoms. The van der Waals surface area contributed by atoms with Crippen LogP contribution in [0.15, 0.2) is 16.9 Å². The lowest BCUT2D eigenvalue weighted by Gasteiger charge is -2.00. The topological polar surface area (TPSA) is 71.5 Å². The molecule has 0 spiro atoms. The Labute approximate surface area is 113 Å². The fourth-order valence-corrected chi connectivity index (χ4v) is 3.24. The van der Waals surface area contributed by atoms with E-state index in [4.69, 9.17) is 0 Å². The molecule has 0 aliphatic carbocycles. The first-order valence-electron chi connectivity index (χ1n) is 5.82. The van der Waals surface area contributed by atoms with Gasteiger partial charge in [-0.2, -0.15) is 5.10 Å². The van der Waals surface area contributed by atoms with Gasteiger partial charge in [-0.05, 0) is 18.8 Å². The minimum Gasteiger partial charge on any atom is -0.252 e. The summed E-state index contributed by atoms with van der Waals surface area (Å²) >= 11 is 1.64. The molecule has 2 rings (SSSR count). The van der Waals surface area contributed by atoms with E-state index in [-0.39, 0.29) is 0 Å². The molecule has 1 N–H and O–H groups in total. The maximum Gasteiger partial charge on any atom is 0.214 e. The third kappa shape index (κ3) is 3.71. The van der Waals surface area contributed by atoms with E-state index in [0.717, 1.165) is 23.5 Å². The van der Waals surface area contributed by atoms with Crippen LogP contribution in [-0.2, 0) is 23.0 Å². The Morgan fingerprint density at radius 3 is 3.00 bits per heavy atom. The van der Waals surface area contributed by atoms with E-state index >= 15 is 0 Å². The number of aryl methyl sites for hydroxylation is 1. The van der Waals surface area contributed by atoms with Gasteiger partial charge in [-0.3, -0.25) is 9.31 Å².